The van der Waals surface area contributed by atoms with E-state index in [0.717, 1.165) is 12.3 Å². The number of likely N-dealkylation sites (tertiary alicyclic amines) is 2. The van der Waals surface area contributed by atoms with Gasteiger partial charge in [0.15, 0.2) is 0 Å². The Bertz CT molecular complexity index is 378. The lowest BCUT2D eigenvalue weighted by molar-refractivity contribution is 0.186. The van der Waals surface area contributed by atoms with Gasteiger partial charge >= 0.3 is 0 Å². The Kier molecular flexibility index (Phi) is 4.76. The molecule has 0 radical (unpaired) electrons. The molecule has 1 aromatic rings. The molecule has 3 heterocycles. The molecule has 0 bridgehead atoms. The Hall–Kier alpha value is -0.840. The fourth-order valence-electron chi connectivity index (χ4n) is 3.43. The van der Waals surface area contributed by atoms with Gasteiger partial charge in [-0.1, -0.05) is 0 Å². The van der Waals surface area contributed by atoms with Crippen molar-refractivity contribution in [1.29, 1.82) is 0 Å². The van der Waals surface area contributed by atoms with E-state index < -0.39 is 0 Å². The minimum absolute atomic E-state index is 0.409. The maximum atomic E-state index is 5.68. The topological polar surface area (TPSA) is 31.6 Å². The first-order valence-corrected chi connectivity index (χ1v) is 8.02. The third kappa shape index (κ3) is 3.43. The monoisotopic (exact) mass is 277 g/mol. The van der Waals surface area contributed by atoms with Crippen LogP contribution in [0.4, 0.5) is 0 Å². The summed E-state index contributed by atoms with van der Waals surface area (Å²) in [6.45, 7) is 5.86. The molecule has 0 aromatic carbocycles. The summed E-state index contributed by atoms with van der Waals surface area (Å²) in [5.74, 6) is 1.12. The van der Waals surface area contributed by atoms with E-state index in [-0.39, 0.29) is 0 Å². The van der Waals surface area contributed by atoms with Gasteiger partial charge < -0.3 is 14.6 Å². The van der Waals surface area contributed by atoms with E-state index in [1.807, 2.05) is 6.07 Å². The van der Waals surface area contributed by atoms with E-state index in [0.29, 0.717) is 12.1 Å². The Balaban J connectivity index is 1.56. The van der Waals surface area contributed by atoms with Crippen LogP contribution in [0.5, 0.6) is 0 Å². The molecule has 1 N–H and O–H groups in total. The van der Waals surface area contributed by atoms with Gasteiger partial charge in [-0.25, -0.2) is 0 Å². The summed E-state index contributed by atoms with van der Waals surface area (Å²) < 4.78 is 5.68. The summed E-state index contributed by atoms with van der Waals surface area (Å²) in [7, 11) is 2.21. The van der Waals surface area contributed by atoms with E-state index in [4.69, 9.17) is 4.42 Å². The smallest absolute Gasteiger partial charge is 0.122 e. The van der Waals surface area contributed by atoms with Gasteiger partial charge in [-0.2, -0.15) is 0 Å². The van der Waals surface area contributed by atoms with Gasteiger partial charge in [0, 0.05) is 12.6 Å². The fraction of sp³-hybridized carbons (Fsp3) is 0.750. The molecule has 0 saturated carbocycles. The highest BCUT2D eigenvalue weighted by atomic mass is 16.3. The Labute approximate surface area is 122 Å². The van der Waals surface area contributed by atoms with Crippen LogP contribution in [0.3, 0.4) is 0 Å². The quantitative estimate of drug-likeness (QED) is 0.893. The normalized spacial score (nSPS) is 24.2. The SMILES string of the molecule is CN1CCC(NCC(c2ccco2)N2CCCC2)CC1. The molecule has 0 amide bonds. The molecule has 4 nitrogen and oxygen atoms in total. The summed E-state index contributed by atoms with van der Waals surface area (Å²) in [6, 6.07) is 5.21. The van der Waals surface area contributed by atoms with Crippen LogP contribution in [0.25, 0.3) is 0 Å². The van der Waals surface area contributed by atoms with Crippen molar-refractivity contribution < 1.29 is 4.42 Å². The molecule has 1 unspecified atom stereocenters. The number of nitrogens with zero attached hydrogens (tertiary/aromatic N) is 2. The lowest BCUT2D eigenvalue weighted by atomic mass is 10.0. The number of furan rings is 1. The van der Waals surface area contributed by atoms with Crippen LogP contribution in [-0.4, -0.2) is 55.6 Å². The summed E-state index contributed by atoms with van der Waals surface area (Å²) in [5, 5.41) is 3.78. The number of hydrogen-bond donors (Lipinski definition) is 1. The molecule has 2 aliphatic rings. The average molecular weight is 277 g/mol. The summed E-state index contributed by atoms with van der Waals surface area (Å²) in [6.07, 6.45) is 6.98. The molecule has 0 aliphatic carbocycles. The minimum atomic E-state index is 0.409. The van der Waals surface area contributed by atoms with Crippen molar-refractivity contribution >= 4 is 0 Å². The largest absolute Gasteiger partial charge is 0.468 e. The van der Waals surface area contributed by atoms with Gasteiger partial charge in [0.05, 0.1) is 12.3 Å². The van der Waals surface area contributed by atoms with Crippen LogP contribution in [-0.2, 0) is 0 Å². The van der Waals surface area contributed by atoms with Crippen molar-refractivity contribution in [2.45, 2.75) is 37.8 Å². The first kappa shape index (κ1) is 14.1. The maximum absolute atomic E-state index is 5.68. The molecule has 2 fully saturated rings. The fourth-order valence-corrected chi connectivity index (χ4v) is 3.43. The molecule has 2 saturated heterocycles. The third-order valence-corrected chi connectivity index (χ3v) is 4.77. The van der Waals surface area contributed by atoms with Crippen molar-refractivity contribution in [2.75, 3.05) is 39.8 Å². The van der Waals surface area contributed by atoms with Crippen molar-refractivity contribution in [1.82, 2.24) is 15.1 Å². The molecule has 0 spiro atoms. The molecule has 20 heavy (non-hydrogen) atoms. The molecule has 4 heteroatoms. The van der Waals surface area contributed by atoms with Crippen LogP contribution in [0.15, 0.2) is 22.8 Å². The van der Waals surface area contributed by atoms with Crippen LogP contribution in [0.1, 0.15) is 37.5 Å². The van der Waals surface area contributed by atoms with Gasteiger partial charge in [0.2, 0.25) is 0 Å². The van der Waals surface area contributed by atoms with Gasteiger partial charge in [-0.3, -0.25) is 4.90 Å². The van der Waals surface area contributed by atoms with Gasteiger partial charge in [0.1, 0.15) is 5.76 Å². The predicted molar refractivity (Wildman–Crippen MR) is 80.8 cm³/mol. The van der Waals surface area contributed by atoms with Crippen LogP contribution >= 0.6 is 0 Å². The second-order valence-corrected chi connectivity index (χ2v) is 6.26. The number of piperidine rings is 1. The molecule has 2 aliphatic heterocycles. The second-order valence-electron chi connectivity index (χ2n) is 6.26. The van der Waals surface area contributed by atoms with Crippen molar-refractivity contribution in [3.05, 3.63) is 24.2 Å². The van der Waals surface area contributed by atoms with E-state index in [1.54, 1.807) is 6.26 Å². The van der Waals surface area contributed by atoms with E-state index in [1.165, 1.54) is 51.9 Å². The zero-order valence-electron chi connectivity index (χ0n) is 12.6. The zero-order valence-corrected chi connectivity index (χ0v) is 12.6. The van der Waals surface area contributed by atoms with Crippen LogP contribution < -0.4 is 5.32 Å². The highest BCUT2D eigenvalue weighted by molar-refractivity contribution is 5.06. The first-order chi connectivity index (χ1) is 9.83. The standard InChI is InChI=1S/C16H27N3O/c1-18-10-6-14(7-11-18)17-13-15(16-5-4-12-20-16)19-8-2-3-9-19/h4-5,12,14-15,17H,2-3,6-11,13H2,1H3. The predicted octanol–water partition coefficient (Wildman–Crippen LogP) is 2.10. The lowest BCUT2D eigenvalue weighted by Gasteiger charge is -2.32. The summed E-state index contributed by atoms with van der Waals surface area (Å²) in [4.78, 5) is 4.99. The van der Waals surface area contributed by atoms with E-state index in [2.05, 4.69) is 28.2 Å². The van der Waals surface area contributed by atoms with Gasteiger partial charge in [0.25, 0.3) is 0 Å². The molecular formula is C16H27N3O. The van der Waals surface area contributed by atoms with Crippen molar-refractivity contribution in [3.8, 4) is 0 Å². The molecular weight excluding hydrogens is 250 g/mol. The third-order valence-electron chi connectivity index (χ3n) is 4.77. The van der Waals surface area contributed by atoms with Gasteiger partial charge in [-0.05, 0) is 71.0 Å². The van der Waals surface area contributed by atoms with Crippen molar-refractivity contribution in [2.24, 2.45) is 0 Å². The summed E-state index contributed by atoms with van der Waals surface area (Å²) >= 11 is 0. The Morgan fingerprint density at radius 1 is 1.25 bits per heavy atom. The number of rotatable bonds is 5. The van der Waals surface area contributed by atoms with E-state index >= 15 is 0 Å². The molecule has 1 aromatic heterocycles. The highest BCUT2D eigenvalue weighted by Crippen LogP contribution is 2.25. The Morgan fingerprint density at radius 3 is 2.65 bits per heavy atom. The van der Waals surface area contributed by atoms with Crippen LogP contribution in [0, 0.1) is 0 Å². The van der Waals surface area contributed by atoms with E-state index in [9.17, 15) is 0 Å². The Morgan fingerprint density at radius 2 is 2.00 bits per heavy atom. The average Bonchev–Trinajstić information content (AvgIpc) is 3.14. The second kappa shape index (κ2) is 6.74. The van der Waals surface area contributed by atoms with Crippen molar-refractivity contribution in [3.63, 3.8) is 0 Å². The lowest BCUT2D eigenvalue weighted by Crippen LogP contribution is -2.44. The number of nitrogens with one attached hydrogen (secondary N) is 1. The maximum Gasteiger partial charge on any atom is 0.122 e. The molecule has 1 atom stereocenters. The number of hydrogen-bond acceptors (Lipinski definition) is 4. The first-order valence-electron chi connectivity index (χ1n) is 8.02. The van der Waals surface area contributed by atoms with Gasteiger partial charge in [-0.15, -0.1) is 0 Å². The van der Waals surface area contributed by atoms with Crippen LogP contribution in [0.2, 0.25) is 0 Å². The molecule has 112 valence electrons. The zero-order chi connectivity index (χ0) is 13.8. The minimum Gasteiger partial charge on any atom is -0.468 e. The molecule has 3 rings (SSSR count). The highest BCUT2D eigenvalue weighted by Gasteiger charge is 2.26. The summed E-state index contributed by atoms with van der Waals surface area (Å²) in [5.41, 5.74) is 0.